The first kappa shape index (κ1) is 17.6. The number of amides is 2. The number of hydrogen-bond donors (Lipinski definition) is 2. The molecule has 7 nitrogen and oxygen atoms in total. The van der Waals surface area contributed by atoms with Gasteiger partial charge in [-0.05, 0) is 12.1 Å². The van der Waals surface area contributed by atoms with Crippen LogP contribution in [0.25, 0.3) is 0 Å². The average molecular weight is 349 g/mol. The maximum absolute atomic E-state index is 13.4. The number of nitrogens with zero attached hydrogens (tertiary/aromatic N) is 1. The van der Waals surface area contributed by atoms with Gasteiger partial charge in [-0.3, -0.25) is 0 Å². The second kappa shape index (κ2) is 7.20. The molecule has 1 atom stereocenters. The fourth-order valence-electron chi connectivity index (χ4n) is 2.09. The molecule has 0 bridgehead atoms. The molecule has 23 heavy (non-hydrogen) atoms. The fourth-order valence-corrected chi connectivity index (χ4v) is 2.93. The first-order valence-corrected chi connectivity index (χ1v) is 8.68. The minimum Gasteiger partial charge on any atom is -0.374 e. The molecule has 10 heteroatoms. The van der Waals surface area contributed by atoms with Gasteiger partial charge in [-0.2, -0.15) is 4.31 Å². The largest absolute Gasteiger partial charge is 0.374 e. The number of anilines is 1. The zero-order valence-corrected chi connectivity index (χ0v) is 13.2. The molecular formula is C13H17F2N3O4S. The number of hydrogen-bond acceptors (Lipinski definition) is 4. The molecule has 1 aromatic carbocycles. The zero-order valence-electron chi connectivity index (χ0n) is 12.4. The lowest BCUT2D eigenvalue weighted by Crippen LogP contribution is -2.49. The van der Waals surface area contributed by atoms with Crippen LogP contribution in [0, 0.1) is 11.6 Å². The van der Waals surface area contributed by atoms with Crippen LogP contribution in [0.3, 0.4) is 0 Å². The Hall–Kier alpha value is -1.78. The summed E-state index contributed by atoms with van der Waals surface area (Å²) in [7, 11) is -3.32. The van der Waals surface area contributed by atoms with Crippen molar-refractivity contribution in [1.82, 2.24) is 9.62 Å². The zero-order chi connectivity index (χ0) is 17.0. The molecule has 0 saturated carbocycles. The van der Waals surface area contributed by atoms with Crippen LogP contribution < -0.4 is 10.6 Å². The quantitative estimate of drug-likeness (QED) is 0.840. The summed E-state index contributed by atoms with van der Waals surface area (Å²) in [6.45, 7) is 0.637. The number of urea groups is 1. The fraction of sp³-hybridized carbons (Fsp3) is 0.462. The number of carbonyl (C=O) groups is 1. The lowest BCUT2D eigenvalue weighted by atomic mass is 10.3. The molecule has 128 valence electrons. The van der Waals surface area contributed by atoms with E-state index in [1.165, 1.54) is 16.4 Å². The van der Waals surface area contributed by atoms with Gasteiger partial charge in [0.05, 0.1) is 24.7 Å². The van der Waals surface area contributed by atoms with Crippen LogP contribution in [0.15, 0.2) is 18.2 Å². The maximum Gasteiger partial charge on any atom is 0.319 e. The standard InChI is InChI=1S/C13H17F2N3O4S/c1-23(20,21)18-5-6-22-9(8-18)7-16-13(19)17-11-4-2-3-10(14)12(11)15/h2-4,9H,5-8H2,1H3,(H2,16,17,19). The highest BCUT2D eigenvalue weighted by Crippen LogP contribution is 2.16. The molecule has 0 spiro atoms. The molecular weight excluding hydrogens is 332 g/mol. The third kappa shape index (κ3) is 4.85. The molecule has 1 aliphatic rings. The number of nitrogens with one attached hydrogen (secondary N) is 2. The Morgan fingerprint density at radius 3 is 2.87 bits per heavy atom. The number of carbonyl (C=O) groups excluding carboxylic acids is 1. The van der Waals surface area contributed by atoms with Gasteiger partial charge < -0.3 is 15.4 Å². The molecule has 2 rings (SSSR count). The van der Waals surface area contributed by atoms with Crippen molar-refractivity contribution < 1.29 is 26.7 Å². The van der Waals surface area contributed by atoms with Gasteiger partial charge >= 0.3 is 6.03 Å². The summed E-state index contributed by atoms with van der Waals surface area (Å²) in [5.41, 5.74) is -0.287. The number of sulfonamides is 1. The van der Waals surface area contributed by atoms with Crippen molar-refractivity contribution in [3.63, 3.8) is 0 Å². The summed E-state index contributed by atoms with van der Waals surface area (Å²) in [5, 5.41) is 4.61. The van der Waals surface area contributed by atoms with Crippen molar-refractivity contribution in [2.24, 2.45) is 0 Å². The van der Waals surface area contributed by atoms with E-state index in [-0.39, 0.29) is 31.9 Å². The third-order valence-corrected chi connectivity index (χ3v) is 4.53. The molecule has 1 aromatic rings. The summed E-state index contributed by atoms with van der Waals surface area (Å²) >= 11 is 0. The van der Waals surface area contributed by atoms with Crippen LogP contribution in [-0.2, 0) is 14.8 Å². The van der Waals surface area contributed by atoms with E-state index in [1.807, 2.05) is 0 Å². The van der Waals surface area contributed by atoms with Gasteiger partial charge in [0.2, 0.25) is 10.0 Å². The van der Waals surface area contributed by atoms with Gasteiger partial charge in [-0.15, -0.1) is 0 Å². The van der Waals surface area contributed by atoms with E-state index in [9.17, 15) is 22.0 Å². The lowest BCUT2D eigenvalue weighted by Gasteiger charge is -2.31. The number of ether oxygens (including phenoxy) is 1. The summed E-state index contributed by atoms with van der Waals surface area (Å²) in [4.78, 5) is 11.7. The number of morpholine rings is 1. The summed E-state index contributed by atoms with van der Waals surface area (Å²) in [5.74, 6) is -2.22. The average Bonchev–Trinajstić information content (AvgIpc) is 2.49. The van der Waals surface area contributed by atoms with E-state index in [4.69, 9.17) is 4.74 Å². The Labute approximate surface area is 132 Å². The molecule has 1 aliphatic heterocycles. The monoisotopic (exact) mass is 349 g/mol. The van der Waals surface area contributed by atoms with Crippen molar-refractivity contribution >= 4 is 21.7 Å². The molecule has 1 unspecified atom stereocenters. The first-order chi connectivity index (χ1) is 10.8. The Morgan fingerprint density at radius 1 is 1.43 bits per heavy atom. The maximum atomic E-state index is 13.4. The first-order valence-electron chi connectivity index (χ1n) is 6.83. The van der Waals surface area contributed by atoms with Crippen molar-refractivity contribution in [2.45, 2.75) is 6.10 Å². The molecule has 0 radical (unpaired) electrons. The third-order valence-electron chi connectivity index (χ3n) is 3.26. The Morgan fingerprint density at radius 2 is 2.17 bits per heavy atom. The second-order valence-corrected chi connectivity index (χ2v) is 7.03. The Bertz CT molecular complexity index is 684. The van der Waals surface area contributed by atoms with Gasteiger partial charge in [0.1, 0.15) is 0 Å². The van der Waals surface area contributed by atoms with Crippen LogP contribution in [-0.4, -0.2) is 57.4 Å². The van der Waals surface area contributed by atoms with E-state index in [0.29, 0.717) is 0 Å². The van der Waals surface area contributed by atoms with Crippen molar-refractivity contribution in [3.05, 3.63) is 29.8 Å². The minimum absolute atomic E-state index is 0.0365. The highest BCUT2D eigenvalue weighted by Gasteiger charge is 2.26. The SMILES string of the molecule is CS(=O)(=O)N1CCOC(CNC(=O)Nc2cccc(F)c2F)C1. The highest BCUT2D eigenvalue weighted by molar-refractivity contribution is 7.88. The van der Waals surface area contributed by atoms with Gasteiger partial charge in [-0.1, -0.05) is 6.07 Å². The van der Waals surface area contributed by atoms with Gasteiger partial charge in [0, 0.05) is 19.6 Å². The second-order valence-electron chi connectivity index (χ2n) is 5.05. The predicted molar refractivity (Wildman–Crippen MR) is 79.5 cm³/mol. The molecule has 2 amide bonds. The molecule has 0 aliphatic carbocycles. The van der Waals surface area contributed by atoms with Gasteiger partial charge in [0.25, 0.3) is 0 Å². The van der Waals surface area contributed by atoms with E-state index in [0.717, 1.165) is 12.3 Å². The number of halogens is 2. The van der Waals surface area contributed by atoms with E-state index in [2.05, 4.69) is 10.6 Å². The normalized spacial score (nSPS) is 19.3. The van der Waals surface area contributed by atoms with E-state index >= 15 is 0 Å². The van der Waals surface area contributed by atoms with E-state index in [1.54, 1.807) is 0 Å². The topological polar surface area (TPSA) is 87.7 Å². The highest BCUT2D eigenvalue weighted by atomic mass is 32.2. The van der Waals surface area contributed by atoms with Crippen molar-refractivity contribution in [2.75, 3.05) is 37.8 Å². The Balaban J connectivity index is 1.86. The van der Waals surface area contributed by atoms with Gasteiger partial charge in [0.15, 0.2) is 11.6 Å². The van der Waals surface area contributed by atoms with Crippen LogP contribution in [0.4, 0.5) is 19.3 Å². The molecule has 0 aromatic heterocycles. The molecule has 1 saturated heterocycles. The molecule has 1 heterocycles. The predicted octanol–water partition coefficient (Wildman–Crippen LogP) is 0.747. The smallest absolute Gasteiger partial charge is 0.319 e. The Kier molecular flexibility index (Phi) is 5.50. The van der Waals surface area contributed by atoms with Crippen molar-refractivity contribution in [3.8, 4) is 0 Å². The lowest BCUT2D eigenvalue weighted by molar-refractivity contribution is 0.00167. The number of rotatable bonds is 4. The van der Waals surface area contributed by atoms with Gasteiger partial charge in [-0.25, -0.2) is 22.0 Å². The molecule has 2 N–H and O–H groups in total. The van der Waals surface area contributed by atoms with Crippen LogP contribution >= 0.6 is 0 Å². The van der Waals surface area contributed by atoms with Crippen LogP contribution in [0.1, 0.15) is 0 Å². The minimum atomic E-state index is -3.32. The summed E-state index contributed by atoms with van der Waals surface area (Å²) < 4.78 is 56.0. The van der Waals surface area contributed by atoms with E-state index < -0.39 is 33.8 Å². The van der Waals surface area contributed by atoms with Crippen molar-refractivity contribution in [1.29, 1.82) is 0 Å². The summed E-state index contributed by atoms with van der Waals surface area (Å²) in [6.07, 6.45) is 0.587. The summed E-state index contributed by atoms with van der Waals surface area (Å²) in [6, 6.07) is 2.69. The van der Waals surface area contributed by atoms with Crippen LogP contribution in [0.5, 0.6) is 0 Å². The van der Waals surface area contributed by atoms with Crippen LogP contribution in [0.2, 0.25) is 0 Å². The molecule has 1 fully saturated rings. The number of benzene rings is 1.